The summed E-state index contributed by atoms with van der Waals surface area (Å²) in [6, 6.07) is 7.68. The van der Waals surface area contributed by atoms with Gasteiger partial charge in [0.15, 0.2) is 5.65 Å². The Hall–Kier alpha value is -1.97. The minimum absolute atomic E-state index is 0.108. The molecule has 4 heteroatoms. The Morgan fingerprint density at radius 2 is 2.00 bits per heavy atom. The van der Waals surface area contributed by atoms with Gasteiger partial charge < -0.3 is 4.74 Å². The number of hydrogen-bond donors (Lipinski definition) is 0. The Balaban J connectivity index is 1.76. The number of aromatic nitrogens is 2. The van der Waals surface area contributed by atoms with E-state index >= 15 is 0 Å². The summed E-state index contributed by atoms with van der Waals surface area (Å²) >= 11 is 0. The van der Waals surface area contributed by atoms with Gasteiger partial charge in [-0.2, -0.15) is 4.98 Å². The minimum Gasteiger partial charge on any atom is -0.474 e. The molecule has 2 aromatic rings. The molecule has 0 bridgehead atoms. The number of fused-ring (bicyclic) bond motifs is 1. The third-order valence-corrected chi connectivity index (χ3v) is 3.22. The first-order valence-corrected chi connectivity index (χ1v) is 6.21. The highest BCUT2D eigenvalue weighted by molar-refractivity contribution is 5.79. The molecule has 18 heavy (non-hydrogen) atoms. The Bertz CT molecular complexity index is 573. The van der Waals surface area contributed by atoms with E-state index in [2.05, 4.69) is 9.97 Å². The standard InChI is InChI=1S/C14H14N2O2/c17-11-4-6-12(7-5-11)18-13-8-3-10-2-1-9-15-14(10)16-13/h1-3,8-9,12H,4-7H2. The van der Waals surface area contributed by atoms with Crippen LogP contribution in [0.25, 0.3) is 11.0 Å². The van der Waals surface area contributed by atoms with Crippen molar-refractivity contribution < 1.29 is 9.53 Å². The lowest BCUT2D eigenvalue weighted by molar-refractivity contribution is -0.121. The maximum Gasteiger partial charge on any atom is 0.215 e. The zero-order chi connectivity index (χ0) is 12.4. The quantitative estimate of drug-likeness (QED) is 0.812. The molecule has 0 atom stereocenters. The molecule has 1 saturated carbocycles. The fourth-order valence-corrected chi connectivity index (χ4v) is 2.20. The second-order valence-corrected chi connectivity index (χ2v) is 4.56. The summed E-state index contributed by atoms with van der Waals surface area (Å²) < 4.78 is 5.81. The Morgan fingerprint density at radius 3 is 2.83 bits per heavy atom. The van der Waals surface area contributed by atoms with Gasteiger partial charge in [0, 0.05) is 30.5 Å². The molecule has 92 valence electrons. The Labute approximate surface area is 105 Å². The van der Waals surface area contributed by atoms with Crippen molar-refractivity contribution in [3.8, 4) is 5.88 Å². The van der Waals surface area contributed by atoms with Crippen molar-refractivity contribution in [2.45, 2.75) is 31.8 Å². The molecule has 1 fully saturated rings. The highest BCUT2D eigenvalue weighted by Crippen LogP contribution is 2.21. The van der Waals surface area contributed by atoms with Gasteiger partial charge in [-0.15, -0.1) is 0 Å². The largest absolute Gasteiger partial charge is 0.474 e. The molecule has 0 N–H and O–H groups in total. The van der Waals surface area contributed by atoms with Crippen LogP contribution in [0.15, 0.2) is 30.5 Å². The molecule has 0 spiro atoms. The van der Waals surface area contributed by atoms with Crippen LogP contribution in [0.4, 0.5) is 0 Å². The van der Waals surface area contributed by atoms with E-state index in [4.69, 9.17) is 4.74 Å². The van der Waals surface area contributed by atoms with Crippen molar-refractivity contribution in [1.82, 2.24) is 9.97 Å². The summed E-state index contributed by atoms with van der Waals surface area (Å²) in [6.45, 7) is 0. The van der Waals surface area contributed by atoms with Crippen LogP contribution in [0.5, 0.6) is 5.88 Å². The lowest BCUT2D eigenvalue weighted by atomic mass is 9.96. The number of hydrogen-bond acceptors (Lipinski definition) is 4. The zero-order valence-corrected chi connectivity index (χ0v) is 10.0. The summed E-state index contributed by atoms with van der Waals surface area (Å²) in [5.41, 5.74) is 0.696. The van der Waals surface area contributed by atoms with Gasteiger partial charge in [-0.3, -0.25) is 4.79 Å². The number of ether oxygens (including phenoxy) is 1. The molecular weight excluding hydrogens is 228 g/mol. The van der Waals surface area contributed by atoms with Crippen LogP contribution in [0.2, 0.25) is 0 Å². The number of nitrogens with zero attached hydrogens (tertiary/aromatic N) is 2. The maximum absolute atomic E-state index is 11.2. The van der Waals surface area contributed by atoms with Crippen molar-refractivity contribution in [1.29, 1.82) is 0 Å². The van der Waals surface area contributed by atoms with E-state index in [1.54, 1.807) is 6.20 Å². The molecule has 4 nitrogen and oxygen atoms in total. The van der Waals surface area contributed by atoms with Crippen LogP contribution in [-0.2, 0) is 4.79 Å². The summed E-state index contributed by atoms with van der Waals surface area (Å²) in [4.78, 5) is 19.7. The fourth-order valence-electron chi connectivity index (χ4n) is 2.20. The predicted molar refractivity (Wildman–Crippen MR) is 67.4 cm³/mol. The van der Waals surface area contributed by atoms with E-state index in [0.717, 1.165) is 18.2 Å². The molecule has 0 amide bonds. The smallest absolute Gasteiger partial charge is 0.215 e. The van der Waals surface area contributed by atoms with E-state index in [9.17, 15) is 4.79 Å². The van der Waals surface area contributed by atoms with Gasteiger partial charge >= 0.3 is 0 Å². The number of carbonyl (C=O) groups is 1. The van der Waals surface area contributed by atoms with Gasteiger partial charge in [0.05, 0.1) is 0 Å². The van der Waals surface area contributed by atoms with Crippen molar-refractivity contribution in [3.63, 3.8) is 0 Å². The summed E-state index contributed by atoms with van der Waals surface area (Å²) in [5.74, 6) is 0.934. The van der Waals surface area contributed by atoms with Crippen molar-refractivity contribution in [3.05, 3.63) is 30.5 Å². The molecule has 1 aliphatic carbocycles. The molecule has 0 aliphatic heterocycles. The van der Waals surface area contributed by atoms with E-state index in [0.29, 0.717) is 30.2 Å². The number of carbonyl (C=O) groups excluding carboxylic acids is 1. The van der Waals surface area contributed by atoms with Gasteiger partial charge in [-0.1, -0.05) is 0 Å². The van der Waals surface area contributed by atoms with E-state index < -0.39 is 0 Å². The molecule has 2 heterocycles. The van der Waals surface area contributed by atoms with Gasteiger partial charge in [0.2, 0.25) is 5.88 Å². The van der Waals surface area contributed by atoms with Crippen molar-refractivity contribution >= 4 is 16.8 Å². The highest BCUT2D eigenvalue weighted by Gasteiger charge is 2.20. The second kappa shape index (κ2) is 4.72. The summed E-state index contributed by atoms with van der Waals surface area (Å²) in [6.07, 6.45) is 4.66. The Morgan fingerprint density at radius 1 is 1.17 bits per heavy atom. The second-order valence-electron chi connectivity index (χ2n) is 4.56. The predicted octanol–water partition coefficient (Wildman–Crippen LogP) is 2.52. The van der Waals surface area contributed by atoms with Crippen LogP contribution in [-0.4, -0.2) is 21.9 Å². The van der Waals surface area contributed by atoms with E-state index in [1.165, 1.54) is 0 Å². The molecule has 1 aliphatic rings. The third kappa shape index (κ3) is 2.32. The molecule has 0 aromatic carbocycles. The van der Waals surface area contributed by atoms with Crippen molar-refractivity contribution in [2.75, 3.05) is 0 Å². The van der Waals surface area contributed by atoms with Gasteiger partial charge in [0.25, 0.3) is 0 Å². The summed E-state index contributed by atoms with van der Waals surface area (Å²) in [7, 11) is 0. The van der Waals surface area contributed by atoms with E-state index in [-0.39, 0.29) is 6.10 Å². The van der Waals surface area contributed by atoms with Crippen LogP contribution < -0.4 is 4.74 Å². The molecular formula is C14H14N2O2. The maximum atomic E-state index is 11.2. The van der Waals surface area contributed by atoms with Crippen LogP contribution in [0.3, 0.4) is 0 Å². The average molecular weight is 242 g/mol. The molecule has 0 radical (unpaired) electrons. The lowest BCUT2D eigenvalue weighted by Gasteiger charge is -2.21. The third-order valence-electron chi connectivity index (χ3n) is 3.22. The summed E-state index contributed by atoms with van der Waals surface area (Å²) in [5, 5.41) is 1.00. The Kier molecular flexibility index (Phi) is 2.92. The highest BCUT2D eigenvalue weighted by atomic mass is 16.5. The van der Waals surface area contributed by atoms with Crippen LogP contribution in [0.1, 0.15) is 25.7 Å². The minimum atomic E-state index is 0.108. The lowest BCUT2D eigenvalue weighted by Crippen LogP contribution is -2.24. The SMILES string of the molecule is O=C1CCC(Oc2ccc3cccnc3n2)CC1. The molecule has 3 rings (SSSR count). The molecule has 2 aromatic heterocycles. The number of rotatable bonds is 2. The fraction of sp³-hybridized carbons (Fsp3) is 0.357. The zero-order valence-electron chi connectivity index (χ0n) is 10.0. The topological polar surface area (TPSA) is 52.1 Å². The molecule has 0 saturated heterocycles. The monoisotopic (exact) mass is 242 g/mol. The number of Topliss-reactive ketones (excluding diaryl/α,β-unsaturated/α-hetero) is 1. The molecule has 0 unspecified atom stereocenters. The van der Waals surface area contributed by atoms with Crippen molar-refractivity contribution in [2.24, 2.45) is 0 Å². The normalized spacial score (nSPS) is 17.0. The first-order valence-electron chi connectivity index (χ1n) is 6.21. The van der Waals surface area contributed by atoms with Gasteiger partial charge in [0.1, 0.15) is 11.9 Å². The number of pyridine rings is 2. The van der Waals surface area contributed by atoms with E-state index in [1.807, 2.05) is 24.3 Å². The van der Waals surface area contributed by atoms with Crippen LogP contribution >= 0.6 is 0 Å². The van der Waals surface area contributed by atoms with Gasteiger partial charge in [-0.25, -0.2) is 4.98 Å². The van der Waals surface area contributed by atoms with Gasteiger partial charge in [-0.05, 0) is 31.0 Å². The number of ketones is 1. The average Bonchev–Trinajstić information content (AvgIpc) is 2.41. The van der Waals surface area contributed by atoms with Crippen LogP contribution in [0, 0.1) is 0 Å². The first kappa shape index (κ1) is 11.1. The first-order chi connectivity index (χ1) is 8.81.